The minimum atomic E-state index is -6.00. The van der Waals surface area contributed by atoms with E-state index in [0.717, 1.165) is 59.1 Å². The van der Waals surface area contributed by atoms with Crippen LogP contribution in [0.5, 0.6) is 0 Å². The molecule has 0 aromatic carbocycles. The first kappa shape index (κ1) is 55.8. The van der Waals surface area contributed by atoms with Gasteiger partial charge in [-0.2, -0.15) is 0 Å². The van der Waals surface area contributed by atoms with E-state index in [1.807, 2.05) is 147 Å². The molecule has 0 bridgehead atoms. The SMILES string of the molecule is C[N+](=O)[O-].C[N+](=O)[O-].F[B-](F)(F)F.F[B-](F)(F)F.[Pt+2].c1cncc(-c2ccc[nH]2)c1.c1cncc(-c2ccc[nH]2)c1.c1cncc(-c2ccc[nH]2)c1.c1cncc(-c2ccc[nH]2)c1. The van der Waals surface area contributed by atoms with Gasteiger partial charge in [0.1, 0.15) is 0 Å². The maximum Gasteiger partial charge on any atom is 2.00 e. The Morgan fingerprint density at radius 1 is 0.413 bits per heavy atom. The third-order valence-corrected chi connectivity index (χ3v) is 6.28. The van der Waals surface area contributed by atoms with Crippen LogP contribution in [0.1, 0.15) is 0 Å². The average Bonchev–Trinajstić information content (AvgIpc) is 4.07. The van der Waals surface area contributed by atoms with Crippen molar-refractivity contribution >= 4 is 14.5 Å². The number of nitrogens with one attached hydrogen (secondary N) is 4. The monoisotopic (exact) mass is 1070 g/mol. The first-order valence-corrected chi connectivity index (χ1v) is 17.4. The molecule has 0 saturated heterocycles. The summed E-state index contributed by atoms with van der Waals surface area (Å²) in [6.07, 6.45) is 22.1. The van der Waals surface area contributed by atoms with Gasteiger partial charge in [-0.1, -0.05) is 0 Å². The summed E-state index contributed by atoms with van der Waals surface area (Å²) in [6, 6.07) is 31.8. The number of rotatable bonds is 4. The Bertz CT molecular complexity index is 1950. The minimum Gasteiger partial charge on any atom is -0.418 e. The summed E-state index contributed by atoms with van der Waals surface area (Å²) in [5.41, 5.74) is 8.93. The minimum absolute atomic E-state index is 0. The molecule has 0 saturated carbocycles. The molecule has 14 nitrogen and oxygen atoms in total. The largest absolute Gasteiger partial charge is 2.00 e. The molecular formula is C38H38B2F8N10O4Pt. The van der Waals surface area contributed by atoms with E-state index < -0.39 is 24.4 Å². The van der Waals surface area contributed by atoms with Gasteiger partial charge in [0.05, 0.1) is 0 Å². The normalized spacial score (nSPS) is 9.56. The Labute approximate surface area is 369 Å². The van der Waals surface area contributed by atoms with Crippen molar-refractivity contribution in [2.75, 3.05) is 14.1 Å². The molecule has 336 valence electrons. The summed E-state index contributed by atoms with van der Waals surface area (Å²) in [5.74, 6) is 0. The first-order chi connectivity index (χ1) is 29.3. The molecule has 0 aliphatic carbocycles. The zero-order valence-electron chi connectivity index (χ0n) is 33.0. The van der Waals surface area contributed by atoms with Crippen molar-refractivity contribution in [1.82, 2.24) is 39.9 Å². The topological polar surface area (TPSA) is 201 Å². The maximum absolute atomic E-state index is 9.75. The van der Waals surface area contributed by atoms with E-state index in [9.17, 15) is 34.5 Å². The maximum atomic E-state index is 9.75. The number of hydrogen-bond donors (Lipinski definition) is 4. The van der Waals surface area contributed by atoms with Crippen LogP contribution in [0.4, 0.5) is 34.5 Å². The van der Waals surface area contributed by atoms with Crippen molar-refractivity contribution in [3.8, 4) is 45.0 Å². The van der Waals surface area contributed by atoms with E-state index in [1.54, 1.807) is 24.8 Å². The van der Waals surface area contributed by atoms with Gasteiger partial charge in [-0.3, -0.25) is 40.2 Å². The third-order valence-electron chi connectivity index (χ3n) is 6.28. The quantitative estimate of drug-likeness (QED) is 0.0577. The summed E-state index contributed by atoms with van der Waals surface area (Å²) in [5, 5.41) is 17.6. The molecule has 0 spiro atoms. The summed E-state index contributed by atoms with van der Waals surface area (Å²) in [4.78, 5) is 45.1. The van der Waals surface area contributed by atoms with Crippen molar-refractivity contribution in [3.05, 3.63) is 192 Å². The Morgan fingerprint density at radius 2 is 0.587 bits per heavy atom. The van der Waals surface area contributed by atoms with E-state index in [0.29, 0.717) is 0 Å². The molecule has 25 heteroatoms. The molecule has 0 fully saturated rings. The van der Waals surface area contributed by atoms with Crippen LogP contribution in [0, 0.1) is 20.2 Å². The fourth-order valence-electron chi connectivity index (χ4n) is 4.13. The summed E-state index contributed by atoms with van der Waals surface area (Å²) in [6.45, 7) is 0. The van der Waals surface area contributed by atoms with Gasteiger partial charge in [0.25, 0.3) is 0 Å². The van der Waals surface area contributed by atoms with Crippen LogP contribution in [0.3, 0.4) is 0 Å². The van der Waals surface area contributed by atoms with Gasteiger partial charge in [-0.15, -0.1) is 0 Å². The molecule has 0 radical (unpaired) electrons. The fourth-order valence-corrected chi connectivity index (χ4v) is 4.13. The van der Waals surface area contributed by atoms with E-state index in [2.05, 4.69) is 39.9 Å². The molecule has 0 atom stereocenters. The fraction of sp³-hybridized carbons (Fsp3) is 0.0526. The smallest absolute Gasteiger partial charge is 0.418 e. The Kier molecular flexibility index (Phi) is 28.0. The molecule has 0 aliphatic rings. The van der Waals surface area contributed by atoms with Gasteiger partial charge >= 0.3 is 35.6 Å². The van der Waals surface area contributed by atoms with Gasteiger partial charge in [-0.05, 0) is 97.1 Å². The summed E-state index contributed by atoms with van der Waals surface area (Å²) < 4.78 is 78.0. The van der Waals surface area contributed by atoms with Gasteiger partial charge in [0, 0.05) is 129 Å². The van der Waals surface area contributed by atoms with Crippen LogP contribution < -0.4 is 0 Å². The van der Waals surface area contributed by atoms with Crippen LogP contribution >= 0.6 is 0 Å². The number of H-pyrrole nitrogens is 4. The van der Waals surface area contributed by atoms with Gasteiger partial charge in [-0.25, -0.2) is 0 Å². The Hall–Kier alpha value is -7.22. The molecular weight excluding hydrogens is 1030 g/mol. The van der Waals surface area contributed by atoms with E-state index in [-0.39, 0.29) is 21.1 Å². The predicted molar refractivity (Wildman–Crippen MR) is 222 cm³/mol. The molecule has 8 rings (SSSR count). The van der Waals surface area contributed by atoms with E-state index >= 15 is 0 Å². The van der Waals surface area contributed by atoms with Crippen LogP contribution in [0.2, 0.25) is 0 Å². The Balaban J connectivity index is 0.000000721. The summed E-state index contributed by atoms with van der Waals surface area (Å²) >= 11 is 0. The van der Waals surface area contributed by atoms with Crippen molar-refractivity contribution in [3.63, 3.8) is 0 Å². The molecule has 8 aromatic rings. The molecule has 8 aromatic heterocycles. The second kappa shape index (κ2) is 31.6. The van der Waals surface area contributed by atoms with Crippen molar-refractivity contribution < 1.29 is 65.4 Å². The number of aromatic amines is 4. The van der Waals surface area contributed by atoms with E-state index in [1.165, 1.54) is 0 Å². The van der Waals surface area contributed by atoms with Crippen LogP contribution in [-0.4, -0.2) is 78.3 Å². The van der Waals surface area contributed by atoms with Crippen LogP contribution in [0.15, 0.2) is 171 Å². The zero-order valence-corrected chi connectivity index (χ0v) is 35.2. The number of pyridine rings is 4. The molecule has 4 N–H and O–H groups in total. The second-order valence-corrected chi connectivity index (χ2v) is 11.2. The number of halogens is 8. The first-order valence-electron chi connectivity index (χ1n) is 17.4. The number of hydrogen-bond acceptors (Lipinski definition) is 8. The molecule has 63 heavy (non-hydrogen) atoms. The molecule has 0 unspecified atom stereocenters. The van der Waals surface area contributed by atoms with Crippen molar-refractivity contribution in [1.29, 1.82) is 0 Å². The second-order valence-electron chi connectivity index (χ2n) is 11.2. The number of nitro groups is 2. The van der Waals surface area contributed by atoms with Crippen LogP contribution in [0.25, 0.3) is 45.0 Å². The number of aromatic nitrogens is 8. The van der Waals surface area contributed by atoms with Gasteiger partial charge in [0.15, 0.2) is 14.1 Å². The van der Waals surface area contributed by atoms with Gasteiger partial charge in [0.2, 0.25) is 0 Å². The number of nitrogens with zero attached hydrogens (tertiary/aromatic N) is 6. The van der Waals surface area contributed by atoms with Crippen LogP contribution in [-0.2, 0) is 21.1 Å². The van der Waals surface area contributed by atoms with Crippen molar-refractivity contribution in [2.45, 2.75) is 0 Å². The zero-order chi connectivity index (χ0) is 46.2. The molecule has 0 amide bonds. The Morgan fingerprint density at radius 3 is 0.698 bits per heavy atom. The third kappa shape index (κ3) is 32.3. The van der Waals surface area contributed by atoms with Gasteiger partial charge < -0.3 is 54.5 Å². The van der Waals surface area contributed by atoms with E-state index in [4.69, 9.17) is 20.2 Å². The molecule has 8 heterocycles. The van der Waals surface area contributed by atoms with Crippen molar-refractivity contribution in [2.24, 2.45) is 0 Å². The predicted octanol–water partition coefficient (Wildman–Crippen LogP) is 10.7. The molecule has 0 aliphatic heterocycles. The average molecular weight is 1070 g/mol. The standard InChI is InChI=1S/4C9H8N2.2CH3NO2.2BF4.Pt/c4*1-3-8(7-10-5-1)9-4-2-6-11-9;2*1-2(3)4;2*2-1(3,4)5;/h4*1-7,11H;2*1H3;;;/q;;;;;;2*-1;+2. The summed E-state index contributed by atoms with van der Waals surface area (Å²) in [7, 11) is -10.2.